The maximum Gasteiger partial charge on any atom is 0.305 e. The van der Waals surface area contributed by atoms with E-state index in [1.165, 1.54) is 6.42 Å². The van der Waals surface area contributed by atoms with E-state index in [1.54, 1.807) is 6.92 Å². The summed E-state index contributed by atoms with van der Waals surface area (Å²) in [6.45, 7) is 8.12. The van der Waals surface area contributed by atoms with Crippen molar-refractivity contribution in [3.8, 4) is 11.5 Å². The van der Waals surface area contributed by atoms with Crippen molar-refractivity contribution in [2.75, 3.05) is 19.8 Å². The summed E-state index contributed by atoms with van der Waals surface area (Å²) in [5.74, 6) is 2.25. The summed E-state index contributed by atoms with van der Waals surface area (Å²) in [7, 11) is 0. The van der Waals surface area contributed by atoms with Crippen LogP contribution in [0, 0.1) is 6.92 Å². The molecule has 0 saturated carbocycles. The van der Waals surface area contributed by atoms with E-state index in [0.717, 1.165) is 46.8 Å². The molecule has 0 aliphatic carbocycles. The lowest BCUT2D eigenvalue weighted by atomic mass is 10.2. The summed E-state index contributed by atoms with van der Waals surface area (Å²) in [6.07, 6.45) is 4.34. The highest BCUT2D eigenvalue weighted by Gasteiger charge is 2.12. The van der Waals surface area contributed by atoms with Crippen LogP contribution in [-0.4, -0.2) is 35.3 Å². The van der Waals surface area contributed by atoms with Gasteiger partial charge >= 0.3 is 5.97 Å². The Morgan fingerprint density at radius 1 is 1.00 bits per heavy atom. The van der Waals surface area contributed by atoms with Crippen LogP contribution in [0.25, 0.3) is 11.0 Å². The Hall–Kier alpha value is -2.73. The summed E-state index contributed by atoms with van der Waals surface area (Å²) in [5.41, 5.74) is 2.88. The number of hydrogen-bond acceptors (Lipinski definition) is 5. The fraction of sp³-hybridized carbons (Fsp3) is 0.462. The van der Waals surface area contributed by atoms with E-state index >= 15 is 0 Å². The van der Waals surface area contributed by atoms with Crippen molar-refractivity contribution >= 4 is 28.6 Å². The van der Waals surface area contributed by atoms with Gasteiger partial charge in [0, 0.05) is 17.5 Å². The smallest absolute Gasteiger partial charge is 0.305 e. The second-order valence-electron chi connectivity index (χ2n) is 7.96. The Morgan fingerprint density at radius 2 is 1.73 bits per heavy atom. The molecule has 1 aromatic heterocycles. The number of aryl methyl sites for hydroxylation is 1. The zero-order chi connectivity index (χ0) is 23.6. The van der Waals surface area contributed by atoms with Gasteiger partial charge in [-0.15, -0.1) is 0 Å². The fourth-order valence-corrected chi connectivity index (χ4v) is 3.84. The maximum atomic E-state index is 11.5. The lowest BCUT2D eigenvalue weighted by Crippen LogP contribution is -2.07. The SMILES string of the molecule is CCCCCOc1ccc(Cn2c(C)nc3ccc(OCCCC(=O)OCC)cc32)c(Cl)c1. The van der Waals surface area contributed by atoms with Gasteiger partial charge in [0.1, 0.15) is 17.3 Å². The Morgan fingerprint density at radius 3 is 2.45 bits per heavy atom. The number of fused-ring (bicyclic) bond motifs is 1. The Balaban J connectivity index is 1.67. The first-order valence-electron chi connectivity index (χ1n) is 11.7. The highest BCUT2D eigenvalue weighted by Crippen LogP contribution is 2.27. The predicted molar refractivity (Wildman–Crippen MR) is 131 cm³/mol. The monoisotopic (exact) mass is 472 g/mol. The molecule has 0 spiro atoms. The molecule has 2 aromatic carbocycles. The molecule has 3 aromatic rings. The number of imidazole rings is 1. The minimum absolute atomic E-state index is 0.195. The predicted octanol–water partition coefficient (Wildman–Crippen LogP) is 6.34. The number of rotatable bonds is 13. The van der Waals surface area contributed by atoms with E-state index < -0.39 is 0 Å². The molecular formula is C26H33ClN2O4. The summed E-state index contributed by atoms with van der Waals surface area (Å²) in [4.78, 5) is 16.1. The minimum atomic E-state index is -0.195. The minimum Gasteiger partial charge on any atom is -0.494 e. The Kier molecular flexibility index (Phi) is 9.43. The molecule has 0 fully saturated rings. The number of hydrogen-bond donors (Lipinski definition) is 0. The molecule has 6 nitrogen and oxygen atoms in total. The van der Waals surface area contributed by atoms with Crippen molar-refractivity contribution in [2.45, 2.75) is 59.4 Å². The first-order chi connectivity index (χ1) is 16.0. The van der Waals surface area contributed by atoms with Gasteiger partial charge in [-0.1, -0.05) is 37.4 Å². The van der Waals surface area contributed by atoms with Crippen molar-refractivity contribution in [2.24, 2.45) is 0 Å². The van der Waals surface area contributed by atoms with Crippen molar-refractivity contribution in [3.05, 3.63) is 52.8 Å². The number of carbonyl (C=O) groups excluding carboxylic acids is 1. The van der Waals surface area contributed by atoms with E-state index in [9.17, 15) is 4.79 Å². The zero-order valence-corrected chi connectivity index (χ0v) is 20.5. The molecular weight excluding hydrogens is 440 g/mol. The van der Waals surface area contributed by atoms with E-state index in [0.29, 0.717) is 44.2 Å². The van der Waals surface area contributed by atoms with Gasteiger partial charge in [0.2, 0.25) is 0 Å². The number of esters is 1. The topological polar surface area (TPSA) is 62.6 Å². The largest absolute Gasteiger partial charge is 0.494 e. The van der Waals surface area contributed by atoms with Gasteiger partial charge in [-0.25, -0.2) is 4.98 Å². The third-order valence-corrected chi connectivity index (χ3v) is 5.73. The van der Waals surface area contributed by atoms with Crippen LogP contribution in [0.15, 0.2) is 36.4 Å². The van der Waals surface area contributed by atoms with Crippen LogP contribution >= 0.6 is 11.6 Å². The molecule has 0 aliphatic rings. The highest BCUT2D eigenvalue weighted by molar-refractivity contribution is 6.31. The molecule has 7 heteroatoms. The number of halogens is 1. The van der Waals surface area contributed by atoms with Crippen molar-refractivity contribution in [1.29, 1.82) is 0 Å². The molecule has 0 bridgehead atoms. The average molecular weight is 473 g/mol. The quantitative estimate of drug-likeness (QED) is 0.214. The average Bonchev–Trinajstić information content (AvgIpc) is 3.10. The van der Waals surface area contributed by atoms with Gasteiger partial charge < -0.3 is 18.8 Å². The molecule has 0 amide bonds. The van der Waals surface area contributed by atoms with E-state index in [4.69, 9.17) is 25.8 Å². The third-order valence-electron chi connectivity index (χ3n) is 5.38. The van der Waals surface area contributed by atoms with Crippen LogP contribution in [-0.2, 0) is 16.1 Å². The molecule has 0 N–H and O–H groups in total. The van der Waals surface area contributed by atoms with Crippen molar-refractivity contribution in [3.63, 3.8) is 0 Å². The molecule has 33 heavy (non-hydrogen) atoms. The second kappa shape index (κ2) is 12.5. The van der Waals surface area contributed by atoms with Crippen molar-refractivity contribution < 1.29 is 19.0 Å². The molecule has 3 rings (SSSR count). The lowest BCUT2D eigenvalue weighted by molar-refractivity contribution is -0.143. The number of ether oxygens (including phenoxy) is 3. The number of unbranched alkanes of at least 4 members (excludes halogenated alkanes) is 2. The van der Waals surface area contributed by atoms with Crippen LogP contribution in [0.2, 0.25) is 5.02 Å². The summed E-state index contributed by atoms with van der Waals surface area (Å²) < 4.78 is 18.8. The molecule has 0 aliphatic heterocycles. The lowest BCUT2D eigenvalue weighted by Gasteiger charge is -2.12. The van der Waals surface area contributed by atoms with Gasteiger partial charge in [0.25, 0.3) is 0 Å². The second-order valence-corrected chi connectivity index (χ2v) is 8.37. The number of carbonyl (C=O) groups is 1. The van der Waals surface area contributed by atoms with Crippen LogP contribution in [0.1, 0.15) is 57.3 Å². The van der Waals surface area contributed by atoms with E-state index in [-0.39, 0.29) is 5.97 Å². The van der Waals surface area contributed by atoms with E-state index in [2.05, 4.69) is 16.5 Å². The van der Waals surface area contributed by atoms with Crippen LogP contribution < -0.4 is 9.47 Å². The third kappa shape index (κ3) is 7.13. The molecule has 178 valence electrons. The van der Waals surface area contributed by atoms with Crippen LogP contribution in [0.3, 0.4) is 0 Å². The molecule has 0 atom stereocenters. The fourth-order valence-electron chi connectivity index (χ4n) is 3.61. The Bertz CT molecular complexity index is 1060. The molecule has 0 radical (unpaired) electrons. The molecule has 1 heterocycles. The van der Waals surface area contributed by atoms with E-state index in [1.807, 2.05) is 43.3 Å². The van der Waals surface area contributed by atoms with Gasteiger partial charge in [-0.2, -0.15) is 0 Å². The van der Waals surface area contributed by atoms with Crippen LogP contribution in [0.5, 0.6) is 11.5 Å². The Labute approximate surface area is 200 Å². The van der Waals surface area contributed by atoms with Gasteiger partial charge in [-0.3, -0.25) is 4.79 Å². The summed E-state index contributed by atoms with van der Waals surface area (Å²) in [5, 5.41) is 0.676. The van der Waals surface area contributed by atoms with Gasteiger partial charge in [0.15, 0.2) is 0 Å². The highest BCUT2D eigenvalue weighted by atomic mass is 35.5. The normalized spacial score (nSPS) is 11.0. The first kappa shape index (κ1) is 24.9. The first-order valence-corrected chi connectivity index (χ1v) is 12.1. The summed E-state index contributed by atoms with van der Waals surface area (Å²) >= 11 is 6.58. The summed E-state index contributed by atoms with van der Waals surface area (Å²) in [6, 6.07) is 11.7. The molecule has 0 saturated heterocycles. The van der Waals surface area contributed by atoms with Gasteiger partial charge in [-0.05, 0) is 56.5 Å². The molecule has 0 unspecified atom stereocenters. The van der Waals surface area contributed by atoms with Crippen molar-refractivity contribution in [1.82, 2.24) is 9.55 Å². The zero-order valence-electron chi connectivity index (χ0n) is 19.7. The van der Waals surface area contributed by atoms with Gasteiger partial charge in [0.05, 0.1) is 37.4 Å². The standard InChI is InChI=1S/C26H33ClN2O4/c1-4-6-7-14-32-21-11-10-20(23(27)16-21)18-29-19(3)28-24-13-12-22(17-25(24)29)33-15-8-9-26(30)31-5-2/h10-13,16-17H,4-9,14-15,18H2,1-3H3. The number of aromatic nitrogens is 2. The van der Waals surface area contributed by atoms with Crippen LogP contribution in [0.4, 0.5) is 0 Å². The number of nitrogens with zero attached hydrogens (tertiary/aromatic N) is 2. The maximum absolute atomic E-state index is 11.5. The number of benzene rings is 2.